The summed E-state index contributed by atoms with van der Waals surface area (Å²) in [7, 11) is 0. The molecule has 0 bridgehead atoms. The molecule has 2 N–H and O–H groups in total. The average Bonchev–Trinajstić information content (AvgIpc) is 3.08. The summed E-state index contributed by atoms with van der Waals surface area (Å²) < 4.78 is 1.64. The van der Waals surface area contributed by atoms with Gasteiger partial charge in [-0.15, -0.1) is 0 Å². The third-order valence-electron chi connectivity index (χ3n) is 5.03. The lowest BCUT2D eigenvalue weighted by molar-refractivity contribution is -0.145. The first-order chi connectivity index (χ1) is 11.9. The van der Waals surface area contributed by atoms with Crippen molar-refractivity contribution >= 4 is 11.9 Å². The molecule has 7 nitrogen and oxygen atoms in total. The Kier molecular flexibility index (Phi) is 4.57. The van der Waals surface area contributed by atoms with E-state index in [1.807, 2.05) is 19.9 Å². The Morgan fingerprint density at radius 1 is 1.36 bits per heavy atom. The number of aromatic nitrogens is 3. The zero-order valence-corrected chi connectivity index (χ0v) is 14.4. The number of carbonyl (C=O) groups excluding carboxylic acids is 1. The Labute approximate surface area is 146 Å². The van der Waals surface area contributed by atoms with Gasteiger partial charge in [0.1, 0.15) is 12.7 Å². The Hall–Kier alpha value is -2.70. The number of nitrogens with zero attached hydrogens (tertiary/aromatic N) is 3. The highest BCUT2D eigenvalue weighted by Gasteiger charge is 2.42. The first-order valence-corrected chi connectivity index (χ1v) is 8.42. The predicted octanol–water partition coefficient (Wildman–Crippen LogP) is 2.34. The number of nitrogens with one attached hydrogen (secondary N) is 1. The standard InChI is InChI=1S/C18H22N4O3/c1-12-9-13(6-7-15(12)22-11-19-10-20-22)16(23)21-18(2)8-4-3-5-14(18)17(24)25/h6-7,9-11,14H,3-5,8H2,1-2H3,(H,21,23)(H,24,25). The smallest absolute Gasteiger partial charge is 0.308 e. The maximum atomic E-state index is 12.7. The van der Waals surface area contributed by atoms with Gasteiger partial charge in [-0.25, -0.2) is 9.67 Å². The SMILES string of the molecule is Cc1cc(C(=O)NC2(C)CCCCC2C(=O)O)ccc1-n1cncn1. The van der Waals surface area contributed by atoms with Gasteiger partial charge < -0.3 is 10.4 Å². The minimum absolute atomic E-state index is 0.246. The molecular weight excluding hydrogens is 320 g/mol. The molecule has 2 unspecified atom stereocenters. The summed E-state index contributed by atoms with van der Waals surface area (Å²) in [6.07, 6.45) is 6.12. The van der Waals surface area contributed by atoms with Crippen molar-refractivity contribution in [3.05, 3.63) is 42.0 Å². The van der Waals surface area contributed by atoms with Crippen molar-refractivity contribution in [3.63, 3.8) is 0 Å². The van der Waals surface area contributed by atoms with Crippen LogP contribution in [0.25, 0.3) is 5.69 Å². The molecule has 1 heterocycles. The molecule has 0 radical (unpaired) electrons. The molecule has 132 valence electrons. The van der Waals surface area contributed by atoms with E-state index in [1.165, 1.54) is 6.33 Å². The zero-order valence-electron chi connectivity index (χ0n) is 14.4. The predicted molar refractivity (Wildman–Crippen MR) is 91.6 cm³/mol. The van der Waals surface area contributed by atoms with Crippen LogP contribution in [0.5, 0.6) is 0 Å². The molecule has 1 fully saturated rings. The Bertz CT molecular complexity index is 788. The monoisotopic (exact) mass is 342 g/mol. The lowest BCUT2D eigenvalue weighted by Gasteiger charge is -2.39. The molecule has 7 heteroatoms. The maximum absolute atomic E-state index is 12.7. The summed E-state index contributed by atoms with van der Waals surface area (Å²) in [6, 6.07) is 5.33. The second-order valence-electron chi connectivity index (χ2n) is 6.85. The van der Waals surface area contributed by atoms with E-state index >= 15 is 0 Å². The number of amides is 1. The highest BCUT2D eigenvalue weighted by atomic mass is 16.4. The van der Waals surface area contributed by atoms with E-state index in [4.69, 9.17) is 0 Å². The molecular formula is C18H22N4O3. The van der Waals surface area contributed by atoms with Gasteiger partial charge in [-0.05, 0) is 50.5 Å². The molecule has 1 saturated carbocycles. The van der Waals surface area contributed by atoms with Crippen molar-refractivity contribution in [2.75, 3.05) is 0 Å². The van der Waals surface area contributed by atoms with E-state index in [2.05, 4.69) is 15.4 Å². The fourth-order valence-electron chi connectivity index (χ4n) is 3.60. The minimum Gasteiger partial charge on any atom is -0.481 e. The van der Waals surface area contributed by atoms with Crippen LogP contribution in [-0.2, 0) is 4.79 Å². The molecule has 2 aromatic rings. The highest BCUT2D eigenvalue weighted by molar-refractivity contribution is 5.95. The van der Waals surface area contributed by atoms with Crippen molar-refractivity contribution in [1.29, 1.82) is 0 Å². The number of hydrogen-bond donors (Lipinski definition) is 2. The second-order valence-corrected chi connectivity index (χ2v) is 6.85. The summed E-state index contributed by atoms with van der Waals surface area (Å²) in [5.74, 6) is -1.65. The Morgan fingerprint density at radius 3 is 2.80 bits per heavy atom. The topological polar surface area (TPSA) is 97.1 Å². The van der Waals surface area contributed by atoms with Gasteiger partial charge in [0.15, 0.2) is 0 Å². The summed E-state index contributed by atoms with van der Waals surface area (Å²) in [5, 5.41) is 16.5. The van der Waals surface area contributed by atoms with Gasteiger partial charge in [0, 0.05) is 5.56 Å². The lowest BCUT2D eigenvalue weighted by atomic mass is 9.73. The number of benzene rings is 1. The molecule has 2 atom stereocenters. The van der Waals surface area contributed by atoms with Crippen molar-refractivity contribution in [2.24, 2.45) is 5.92 Å². The van der Waals surface area contributed by atoms with Crippen LogP contribution in [0.2, 0.25) is 0 Å². The second kappa shape index (κ2) is 6.66. The van der Waals surface area contributed by atoms with Crippen LogP contribution in [0.1, 0.15) is 48.5 Å². The summed E-state index contributed by atoms with van der Waals surface area (Å²) in [6.45, 7) is 3.73. The van der Waals surface area contributed by atoms with Crippen LogP contribution in [0.4, 0.5) is 0 Å². The average molecular weight is 342 g/mol. The van der Waals surface area contributed by atoms with Crippen LogP contribution >= 0.6 is 0 Å². The Morgan fingerprint density at radius 2 is 2.16 bits per heavy atom. The van der Waals surface area contributed by atoms with Gasteiger partial charge in [0.05, 0.1) is 17.1 Å². The molecule has 0 saturated heterocycles. The van der Waals surface area contributed by atoms with Crippen molar-refractivity contribution in [1.82, 2.24) is 20.1 Å². The molecule has 1 aromatic heterocycles. The maximum Gasteiger partial charge on any atom is 0.308 e. The van der Waals surface area contributed by atoms with Gasteiger partial charge in [-0.1, -0.05) is 12.8 Å². The third-order valence-corrected chi connectivity index (χ3v) is 5.03. The van der Waals surface area contributed by atoms with E-state index in [0.29, 0.717) is 18.4 Å². The molecule has 1 aliphatic carbocycles. The first-order valence-electron chi connectivity index (χ1n) is 8.42. The fourth-order valence-corrected chi connectivity index (χ4v) is 3.60. The fraction of sp³-hybridized carbons (Fsp3) is 0.444. The van der Waals surface area contributed by atoms with Crippen LogP contribution in [0.15, 0.2) is 30.9 Å². The summed E-state index contributed by atoms with van der Waals surface area (Å²) >= 11 is 0. The zero-order chi connectivity index (χ0) is 18.0. The first kappa shape index (κ1) is 17.1. The van der Waals surface area contributed by atoms with Crippen molar-refractivity contribution in [3.8, 4) is 5.69 Å². The molecule has 0 spiro atoms. The van der Waals surface area contributed by atoms with E-state index in [1.54, 1.807) is 23.1 Å². The van der Waals surface area contributed by atoms with Crippen LogP contribution in [-0.4, -0.2) is 37.3 Å². The third kappa shape index (κ3) is 3.40. The quantitative estimate of drug-likeness (QED) is 0.889. The van der Waals surface area contributed by atoms with Gasteiger partial charge >= 0.3 is 5.97 Å². The number of aryl methyl sites for hydroxylation is 1. The number of carboxylic acids is 1. The van der Waals surface area contributed by atoms with Gasteiger partial charge in [0.2, 0.25) is 0 Å². The van der Waals surface area contributed by atoms with Crippen LogP contribution < -0.4 is 5.32 Å². The molecule has 1 aromatic carbocycles. The minimum atomic E-state index is -0.847. The molecule has 0 aliphatic heterocycles. The highest BCUT2D eigenvalue weighted by Crippen LogP contribution is 2.34. The van der Waals surface area contributed by atoms with Gasteiger partial charge in [0.25, 0.3) is 5.91 Å². The molecule has 1 amide bonds. The van der Waals surface area contributed by atoms with E-state index in [0.717, 1.165) is 24.1 Å². The number of hydrogen-bond acceptors (Lipinski definition) is 4. The molecule has 25 heavy (non-hydrogen) atoms. The van der Waals surface area contributed by atoms with Gasteiger partial charge in [-0.3, -0.25) is 9.59 Å². The number of rotatable bonds is 4. The van der Waals surface area contributed by atoms with E-state index in [9.17, 15) is 14.7 Å². The lowest BCUT2D eigenvalue weighted by Crippen LogP contribution is -2.55. The van der Waals surface area contributed by atoms with Crippen molar-refractivity contribution in [2.45, 2.75) is 45.1 Å². The van der Waals surface area contributed by atoms with E-state index < -0.39 is 17.4 Å². The summed E-state index contributed by atoms with van der Waals surface area (Å²) in [5.41, 5.74) is 1.53. The Balaban J connectivity index is 1.81. The number of carbonyl (C=O) groups is 2. The molecule has 3 rings (SSSR count). The normalized spacial score (nSPS) is 23.2. The largest absolute Gasteiger partial charge is 0.481 e. The van der Waals surface area contributed by atoms with Crippen molar-refractivity contribution < 1.29 is 14.7 Å². The van der Waals surface area contributed by atoms with E-state index in [-0.39, 0.29) is 5.91 Å². The van der Waals surface area contributed by atoms with Crippen LogP contribution in [0, 0.1) is 12.8 Å². The molecule has 1 aliphatic rings. The van der Waals surface area contributed by atoms with Gasteiger partial charge in [-0.2, -0.15) is 5.10 Å². The van der Waals surface area contributed by atoms with Crippen LogP contribution in [0.3, 0.4) is 0 Å². The number of aliphatic carboxylic acids is 1. The number of carboxylic acid groups (broad SMARTS) is 1. The summed E-state index contributed by atoms with van der Waals surface area (Å²) in [4.78, 5) is 28.2.